The van der Waals surface area contributed by atoms with Gasteiger partial charge in [0.1, 0.15) is 5.82 Å². The van der Waals surface area contributed by atoms with E-state index >= 15 is 0 Å². The Morgan fingerprint density at radius 2 is 1.65 bits per heavy atom. The number of carbonyl (C=O) groups is 1. The molecule has 0 atom stereocenters. The largest absolute Gasteiger partial charge is 0.417 e. The van der Waals surface area contributed by atoms with E-state index in [-0.39, 0.29) is 17.5 Å². The maximum atomic E-state index is 13.0. The Hall–Kier alpha value is -3.15. The summed E-state index contributed by atoms with van der Waals surface area (Å²) in [6.07, 6.45) is 0. The van der Waals surface area contributed by atoms with E-state index in [9.17, 15) is 14.0 Å². The summed E-state index contributed by atoms with van der Waals surface area (Å²) in [7, 11) is 0. The maximum Gasteiger partial charge on any atom is 0.344 e. The quantitative estimate of drug-likeness (QED) is 0.712. The smallest absolute Gasteiger partial charge is 0.344 e. The summed E-state index contributed by atoms with van der Waals surface area (Å²) >= 11 is 0. The molecule has 132 valence electrons. The van der Waals surface area contributed by atoms with Gasteiger partial charge >= 0.3 is 5.63 Å². The third-order valence-corrected chi connectivity index (χ3v) is 4.64. The van der Waals surface area contributed by atoms with Crippen LogP contribution in [0.5, 0.6) is 0 Å². The first-order valence-electron chi connectivity index (χ1n) is 8.44. The van der Waals surface area contributed by atoms with Gasteiger partial charge in [-0.25, -0.2) is 9.18 Å². The highest BCUT2D eigenvalue weighted by molar-refractivity contribution is 5.95. The van der Waals surface area contributed by atoms with Crippen LogP contribution < -0.4 is 10.5 Å². The molecule has 3 aromatic rings. The number of piperazine rings is 1. The molecule has 0 spiro atoms. The summed E-state index contributed by atoms with van der Waals surface area (Å²) in [5.74, 6) is -0.496. The molecule has 1 aromatic heterocycles. The van der Waals surface area contributed by atoms with E-state index in [0.29, 0.717) is 37.0 Å². The molecular weight excluding hydrogens is 335 g/mol. The van der Waals surface area contributed by atoms with Crippen molar-refractivity contribution in [3.05, 3.63) is 76.6 Å². The molecule has 6 heteroatoms. The third kappa shape index (κ3) is 3.06. The van der Waals surface area contributed by atoms with E-state index in [1.165, 1.54) is 12.1 Å². The van der Waals surface area contributed by atoms with Crippen LogP contribution in [0.2, 0.25) is 0 Å². The van der Waals surface area contributed by atoms with E-state index in [4.69, 9.17) is 4.42 Å². The number of amides is 1. The zero-order valence-corrected chi connectivity index (χ0v) is 14.0. The Kier molecular flexibility index (Phi) is 4.16. The van der Waals surface area contributed by atoms with E-state index in [2.05, 4.69) is 4.90 Å². The molecule has 1 saturated heterocycles. The lowest BCUT2D eigenvalue weighted by atomic mass is 10.1. The van der Waals surface area contributed by atoms with Gasteiger partial charge in [0.15, 0.2) is 5.76 Å². The Balaban J connectivity index is 1.50. The topological polar surface area (TPSA) is 53.8 Å². The number of hydrogen-bond donors (Lipinski definition) is 0. The molecule has 2 aromatic carbocycles. The monoisotopic (exact) mass is 352 g/mol. The van der Waals surface area contributed by atoms with Gasteiger partial charge in [-0.05, 0) is 41.8 Å². The SMILES string of the molecule is O=C(c1cc2ccccc2c(=O)o1)N1CCN(c2ccc(F)cc2)CC1. The lowest BCUT2D eigenvalue weighted by Crippen LogP contribution is -2.48. The summed E-state index contributed by atoms with van der Waals surface area (Å²) < 4.78 is 18.3. The van der Waals surface area contributed by atoms with Gasteiger partial charge in [-0.3, -0.25) is 4.79 Å². The second kappa shape index (κ2) is 6.63. The molecular formula is C20H17FN2O3. The molecule has 0 saturated carbocycles. The summed E-state index contributed by atoms with van der Waals surface area (Å²) in [5.41, 5.74) is 0.423. The first kappa shape index (κ1) is 16.3. The van der Waals surface area contributed by atoms with Gasteiger partial charge in [-0.1, -0.05) is 18.2 Å². The number of nitrogens with zero attached hydrogens (tertiary/aromatic N) is 2. The predicted octanol–water partition coefficient (Wildman–Crippen LogP) is 2.89. The zero-order chi connectivity index (χ0) is 18.1. The van der Waals surface area contributed by atoms with Crippen LogP contribution in [-0.4, -0.2) is 37.0 Å². The minimum Gasteiger partial charge on any atom is -0.417 e. The van der Waals surface area contributed by atoms with Crippen LogP contribution in [0.3, 0.4) is 0 Å². The number of benzene rings is 2. The number of rotatable bonds is 2. The van der Waals surface area contributed by atoms with E-state index < -0.39 is 5.63 Å². The van der Waals surface area contributed by atoms with Crippen LogP contribution in [0.1, 0.15) is 10.6 Å². The summed E-state index contributed by atoms with van der Waals surface area (Å²) in [6, 6.07) is 15.0. The van der Waals surface area contributed by atoms with Crippen molar-refractivity contribution in [2.75, 3.05) is 31.1 Å². The molecule has 0 unspecified atom stereocenters. The molecule has 1 amide bonds. The van der Waals surface area contributed by atoms with Gasteiger partial charge in [0, 0.05) is 31.9 Å². The van der Waals surface area contributed by atoms with Crippen molar-refractivity contribution in [1.29, 1.82) is 0 Å². The predicted molar refractivity (Wildman–Crippen MR) is 97.0 cm³/mol. The second-order valence-corrected chi connectivity index (χ2v) is 6.24. The van der Waals surface area contributed by atoms with Crippen molar-refractivity contribution in [3.63, 3.8) is 0 Å². The van der Waals surface area contributed by atoms with Crippen molar-refractivity contribution in [3.8, 4) is 0 Å². The van der Waals surface area contributed by atoms with Gasteiger partial charge < -0.3 is 14.2 Å². The maximum absolute atomic E-state index is 13.0. The molecule has 0 radical (unpaired) electrons. The van der Waals surface area contributed by atoms with Crippen LogP contribution >= 0.6 is 0 Å². The van der Waals surface area contributed by atoms with Crippen molar-refractivity contribution >= 4 is 22.4 Å². The first-order valence-corrected chi connectivity index (χ1v) is 8.44. The molecule has 1 fully saturated rings. The summed E-state index contributed by atoms with van der Waals surface area (Å²) in [4.78, 5) is 28.6. The fourth-order valence-corrected chi connectivity index (χ4v) is 3.22. The van der Waals surface area contributed by atoms with E-state index in [1.807, 2.05) is 6.07 Å². The second-order valence-electron chi connectivity index (χ2n) is 6.24. The number of anilines is 1. The van der Waals surface area contributed by atoms with Gasteiger partial charge in [-0.15, -0.1) is 0 Å². The fourth-order valence-electron chi connectivity index (χ4n) is 3.22. The van der Waals surface area contributed by atoms with Crippen molar-refractivity contribution in [2.24, 2.45) is 0 Å². The summed E-state index contributed by atoms with van der Waals surface area (Å²) in [5, 5.41) is 1.15. The molecule has 0 aliphatic carbocycles. The first-order chi connectivity index (χ1) is 12.6. The van der Waals surface area contributed by atoms with Gasteiger partial charge in [0.05, 0.1) is 5.39 Å². The molecule has 2 heterocycles. The average molecular weight is 352 g/mol. The number of fused-ring (bicyclic) bond motifs is 1. The molecule has 5 nitrogen and oxygen atoms in total. The van der Waals surface area contributed by atoms with Gasteiger partial charge in [0.25, 0.3) is 5.91 Å². The molecule has 26 heavy (non-hydrogen) atoms. The third-order valence-electron chi connectivity index (χ3n) is 4.64. The Bertz CT molecular complexity index is 1010. The molecule has 4 rings (SSSR count). The van der Waals surface area contributed by atoms with Crippen LogP contribution in [0.15, 0.2) is 63.8 Å². The van der Waals surface area contributed by atoms with Gasteiger partial charge in [0.2, 0.25) is 0 Å². The average Bonchev–Trinajstić information content (AvgIpc) is 2.68. The zero-order valence-electron chi connectivity index (χ0n) is 14.0. The van der Waals surface area contributed by atoms with E-state index in [1.54, 1.807) is 41.3 Å². The number of hydrogen-bond acceptors (Lipinski definition) is 4. The van der Waals surface area contributed by atoms with Gasteiger partial charge in [-0.2, -0.15) is 0 Å². The normalized spacial score (nSPS) is 14.7. The number of carbonyl (C=O) groups excluding carboxylic acids is 1. The highest BCUT2D eigenvalue weighted by Crippen LogP contribution is 2.19. The lowest BCUT2D eigenvalue weighted by Gasteiger charge is -2.35. The lowest BCUT2D eigenvalue weighted by molar-refractivity contribution is 0.0710. The molecule has 1 aliphatic heterocycles. The van der Waals surface area contributed by atoms with Crippen molar-refractivity contribution < 1.29 is 13.6 Å². The van der Waals surface area contributed by atoms with Crippen LogP contribution in [0.25, 0.3) is 10.8 Å². The Morgan fingerprint density at radius 3 is 2.38 bits per heavy atom. The highest BCUT2D eigenvalue weighted by atomic mass is 19.1. The van der Waals surface area contributed by atoms with E-state index in [0.717, 1.165) is 5.69 Å². The van der Waals surface area contributed by atoms with Crippen LogP contribution in [0.4, 0.5) is 10.1 Å². The molecule has 1 aliphatic rings. The van der Waals surface area contributed by atoms with Crippen molar-refractivity contribution in [1.82, 2.24) is 4.90 Å². The molecule has 0 bridgehead atoms. The minimum atomic E-state index is -0.503. The van der Waals surface area contributed by atoms with Crippen LogP contribution in [0, 0.1) is 5.82 Å². The minimum absolute atomic E-state index is 0.0592. The highest BCUT2D eigenvalue weighted by Gasteiger charge is 2.24. The number of halogens is 1. The van der Waals surface area contributed by atoms with Crippen LogP contribution in [-0.2, 0) is 0 Å². The van der Waals surface area contributed by atoms with Crippen molar-refractivity contribution in [2.45, 2.75) is 0 Å². The summed E-state index contributed by atoms with van der Waals surface area (Å²) in [6.45, 7) is 2.28. The Labute approximate surface area is 149 Å². The standard InChI is InChI=1S/C20H17FN2O3/c21-15-5-7-16(8-6-15)22-9-11-23(12-10-22)19(24)18-13-14-3-1-2-4-17(14)20(25)26-18/h1-8,13H,9-12H2. The fraction of sp³-hybridized carbons (Fsp3) is 0.200. The Morgan fingerprint density at radius 1 is 0.962 bits per heavy atom. The molecule has 0 N–H and O–H groups in total.